The van der Waals surface area contributed by atoms with Crippen LogP contribution in [0.5, 0.6) is 0 Å². The molecule has 0 spiro atoms. The van der Waals surface area contributed by atoms with Crippen molar-refractivity contribution in [1.29, 1.82) is 0 Å². The maximum absolute atomic E-state index is 6.12. The second kappa shape index (κ2) is 3.72. The van der Waals surface area contributed by atoms with E-state index in [1.807, 2.05) is 12.1 Å². The number of hydrogen-bond donors (Lipinski definition) is 2. The molecule has 0 radical (unpaired) electrons. The summed E-state index contributed by atoms with van der Waals surface area (Å²) < 4.78 is 5.21. The maximum Gasteiger partial charge on any atom is 0.211 e. The summed E-state index contributed by atoms with van der Waals surface area (Å²) in [6.45, 7) is 0.452. The molecule has 3 rings (SSSR count). The zero-order chi connectivity index (χ0) is 11.7. The number of nitrogens with two attached hydrogens (primary N) is 1. The average molecular weight is 230 g/mol. The Hall–Kier alpha value is -2.12. The van der Waals surface area contributed by atoms with Crippen molar-refractivity contribution in [3.63, 3.8) is 0 Å². The molecule has 1 aromatic heterocycles. The summed E-state index contributed by atoms with van der Waals surface area (Å²) >= 11 is 0. The van der Waals surface area contributed by atoms with Crippen LogP contribution in [-0.2, 0) is 6.54 Å². The Morgan fingerprint density at radius 1 is 1.35 bits per heavy atom. The van der Waals surface area contributed by atoms with Gasteiger partial charge < -0.3 is 4.42 Å². The van der Waals surface area contributed by atoms with Crippen molar-refractivity contribution >= 4 is 24.2 Å². The van der Waals surface area contributed by atoms with Crippen molar-refractivity contribution in [3.8, 4) is 0 Å². The minimum atomic E-state index is -1.10. The number of furan rings is 1. The first-order valence-electron chi connectivity index (χ1n) is 5.07. The molecule has 0 aromatic carbocycles. The molecule has 0 saturated carbocycles. The van der Waals surface area contributed by atoms with Crippen LogP contribution < -0.4 is 11.1 Å². The molecule has 3 heterocycles. The van der Waals surface area contributed by atoms with Crippen LogP contribution in [0.1, 0.15) is 5.76 Å². The molecule has 3 N–H and O–H groups in total. The third-order valence-corrected chi connectivity index (χ3v) is 2.49. The number of nitrogens with zero attached hydrogens (tertiary/aromatic N) is 4. The first kappa shape index (κ1) is 10.1. The lowest BCUT2D eigenvalue weighted by Crippen LogP contribution is -2.60. The average Bonchev–Trinajstić information content (AvgIpc) is 2.98. The Labute approximate surface area is 96.9 Å². The van der Waals surface area contributed by atoms with E-state index in [0.29, 0.717) is 18.1 Å². The van der Waals surface area contributed by atoms with Gasteiger partial charge in [0.1, 0.15) is 24.1 Å². The molecule has 0 saturated heterocycles. The van der Waals surface area contributed by atoms with E-state index >= 15 is 0 Å². The van der Waals surface area contributed by atoms with E-state index in [4.69, 9.17) is 10.2 Å². The molecule has 1 aromatic rings. The Bertz CT molecular complexity index is 541. The minimum absolute atomic E-state index is 0.452. The van der Waals surface area contributed by atoms with Crippen LogP contribution in [-0.4, -0.2) is 30.0 Å². The normalized spacial score (nSPS) is 25.7. The summed E-state index contributed by atoms with van der Waals surface area (Å²) in [5.41, 5.74) is 6.64. The van der Waals surface area contributed by atoms with E-state index in [1.54, 1.807) is 6.26 Å². The van der Waals surface area contributed by atoms with E-state index in [9.17, 15) is 0 Å². The molecule has 7 heteroatoms. The Balaban J connectivity index is 1.78. The van der Waals surface area contributed by atoms with Gasteiger partial charge in [-0.1, -0.05) is 0 Å². The van der Waals surface area contributed by atoms with Crippen molar-refractivity contribution < 1.29 is 4.42 Å². The minimum Gasteiger partial charge on any atom is -0.468 e. The highest BCUT2D eigenvalue weighted by atomic mass is 16.3. The molecule has 0 bridgehead atoms. The maximum atomic E-state index is 6.12. The molecule has 0 aliphatic carbocycles. The highest BCUT2D eigenvalue weighted by Gasteiger charge is 2.37. The molecule has 0 fully saturated rings. The topological polar surface area (TPSA) is 101 Å². The van der Waals surface area contributed by atoms with Crippen molar-refractivity contribution in [1.82, 2.24) is 5.32 Å². The number of nitrogens with one attached hydrogen (secondary N) is 1. The molecular weight excluding hydrogens is 220 g/mol. The molecule has 1 atom stereocenters. The third-order valence-electron chi connectivity index (χ3n) is 2.49. The van der Waals surface area contributed by atoms with Crippen molar-refractivity contribution in [2.75, 3.05) is 0 Å². The largest absolute Gasteiger partial charge is 0.468 e. The third kappa shape index (κ3) is 1.71. The molecular formula is C10H10N6O. The zero-order valence-electron chi connectivity index (χ0n) is 8.87. The summed E-state index contributed by atoms with van der Waals surface area (Å²) in [5, 5.41) is 3.07. The summed E-state index contributed by atoms with van der Waals surface area (Å²) in [4.78, 5) is 16.1. The fraction of sp³-hybridized carbons (Fsp3) is 0.200. The van der Waals surface area contributed by atoms with Crippen LogP contribution in [0.15, 0.2) is 42.8 Å². The Kier molecular flexibility index (Phi) is 2.20. The number of amidine groups is 1. The van der Waals surface area contributed by atoms with Crippen LogP contribution in [0.3, 0.4) is 0 Å². The summed E-state index contributed by atoms with van der Waals surface area (Å²) in [6.07, 6.45) is 4.40. The fourth-order valence-electron chi connectivity index (χ4n) is 1.62. The van der Waals surface area contributed by atoms with E-state index < -0.39 is 5.79 Å². The fourth-order valence-corrected chi connectivity index (χ4v) is 1.62. The van der Waals surface area contributed by atoms with Crippen LogP contribution in [0.2, 0.25) is 0 Å². The quantitative estimate of drug-likeness (QED) is 0.709. The van der Waals surface area contributed by atoms with Gasteiger partial charge in [-0.3, -0.25) is 11.1 Å². The summed E-state index contributed by atoms with van der Waals surface area (Å²) in [5.74, 6) is 0.170. The van der Waals surface area contributed by atoms with Gasteiger partial charge in [0.25, 0.3) is 0 Å². The number of hydrogen-bond acceptors (Lipinski definition) is 7. The monoisotopic (exact) mass is 230 g/mol. The van der Waals surface area contributed by atoms with Gasteiger partial charge in [0.2, 0.25) is 5.79 Å². The van der Waals surface area contributed by atoms with Crippen LogP contribution >= 0.6 is 0 Å². The predicted octanol–water partition coefficient (Wildman–Crippen LogP) is -0.0950. The van der Waals surface area contributed by atoms with Gasteiger partial charge in [0.15, 0.2) is 5.84 Å². The van der Waals surface area contributed by atoms with Crippen molar-refractivity contribution in [2.24, 2.45) is 25.7 Å². The molecule has 2 aliphatic rings. The standard InChI is InChI=1S/C10H10N6O/c11-10(15-4-7-2-1-3-17-7)8-9(13-5-12-8)14-6-16-10/h1-3,5-6,15H,4,11H2. The highest BCUT2D eigenvalue weighted by Crippen LogP contribution is 2.13. The smallest absolute Gasteiger partial charge is 0.211 e. The highest BCUT2D eigenvalue weighted by molar-refractivity contribution is 6.50. The number of fused-ring (bicyclic) bond motifs is 1. The first-order valence-corrected chi connectivity index (χ1v) is 5.07. The van der Waals surface area contributed by atoms with Crippen molar-refractivity contribution in [2.45, 2.75) is 12.3 Å². The van der Waals surface area contributed by atoms with Gasteiger partial charge in [0, 0.05) is 0 Å². The van der Waals surface area contributed by atoms with Gasteiger partial charge in [0.05, 0.1) is 12.8 Å². The number of rotatable bonds is 3. The number of aliphatic imine (C=N–C) groups is 4. The van der Waals surface area contributed by atoms with E-state index in [0.717, 1.165) is 5.76 Å². The Morgan fingerprint density at radius 2 is 2.29 bits per heavy atom. The van der Waals surface area contributed by atoms with Crippen LogP contribution in [0, 0.1) is 0 Å². The molecule has 17 heavy (non-hydrogen) atoms. The summed E-state index contributed by atoms with van der Waals surface area (Å²) in [6, 6.07) is 3.66. The SMILES string of the molecule is NC1(NCc2ccco2)N=CN=C2N=CN=C21. The molecule has 86 valence electrons. The summed E-state index contributed by atoms with van der Waals surface area (Å²) in [7, 11) is 0. The lowest BCUT2D eigenvalue weighted by atomic mass is 10.1. The molecule has 2 aliphatic heterocycles. The van der Waals surface area contributed by atoms with Gasteiger partial charge in [-0.05, 0) is 12.1 Å². The Morgan fingerprint density at radius 3 is 3.12 bits per heavy atom. The van der Waals surface area contributed by atoms with Crippen molar-refractivity contribution in [3.05, 3.63) is 24.2 Å². The van der Waals surface area contributed by atoms with Crippen LogP contribution in [0.4, 0.5) is 0 Å². The predicted molar refractivity (Wildman–Crippen MR) is 64.3 cm³/mol. The second-order valence-electron chi connectivity index (χ2n) is 3.62. The van der Waals surface area contributed by atoms with Crippen LogP contribution in [0.25, 0.3) is 0 Å². The first-order chi connectivity index (χ1) is 8.28. The lowest BCUT2D eigenvalue weighted by Gasteiger charge is -2.27. The van der Waals surface area contributed by atoms with Gasteiger partial charge in [-0.25, -0.2) is 20.0 Å². The van der Waals surface area contributed by atoms with E-state index in [-0.39, 0.29) is 0 Å². The lowest BCUT2D eigenvalue weighted by molar-refractivity contribution is 0.415. The van der Waals surface area contributed by atoms with Gasteiger partial charge in [-0.15, -0.1) is 0 Å². The molecule has 7 nitrogen and oxygen atoms in total. The van der Waals surface area contributed by atoms with E-state index in [2.05, 4.69) is 25.3 Å². The molecule has 0 amide bonds. The van der Waals surface area contributed by atoms with Gasteiger partial charge in [-0.2, -0.15) is 0 Å². The molecule has 1 unspecified atom stereocenters. The zero-order valence-corrected chi connectivity index (χ0v) is 8.87. The second-order valence-corrected chi connectivity index (χ2v) is 3.62. The van der Waals surface area contributed by atoms with Gasteiger partial charge >= 0.3 is 0 Å². The van der Waals surface area contributed by atoms with E-state index in [1.165, 1.54) is 12.7 Å².